The third-order valence-electron chi connectivity index (χ3n) is 6.19. The smallest absolute Gasteiger partial charge is 0.323 e. The van der Waals surface area contributed by atoms with E-state index in [1.807, 2.05) is 12.1 Å². The molecule has 0 radical (unpaired) electrons. The maximum absolute atomic E-state index is 11.4. The van der Waals surface area contributed by atoms with E-state index in [4.69, 9.17) is 9.72 Å². The zero-order valence-corrected chi connectivity index (χ0v) is 23.3. The fraction of sp³-hybridized carbons (Fsp3) is 0.167. The third-order valence-corrected chi connectivity index (χ3v) is 6.19. The van der Waals surface area contributed by atoms with Crippen LogP contribution in [0.15, 0.2) is 72.8 Å². The maximum Gasteiger partial charge on any atom is 0.323 e. The predicted octanol–water partition coefficient (Wildman–Crippen LogP) is 2.83. The molecule has 3 heterocycles. The second-order valence-electron chi connectivity index (χ2n) is 9.40. The van der Waals surface area contributed by atoms with Crippen LogP contribution in [0.4, 0.5) is 11.6 Å². The first-order valence-electron chi connectivity index (χ1n) is 13.0. The van der Waals surface area contributed by atoms with Crippen LogP contribution in [0, 0.1) is 0 Å². The molecule has 0 spiro atoms. The molecule has 1 aromatic carbocycles. The summed E-state index contributed by atoms with van der Waals surface area (Å²) in [5.41, 5.74) is 2.79. The van der Waals surface area contributed by atoms with Gasteiger partial charge in [0, 0.05) is 0 Å². The van der Waals surface area contributed by atoms with Gasteiger partial charge in [0.2, 0.25) is 0 Å². The molecule has 3 aromatic heterocycles. The number of carbonyl (C=O) groups is 4. The summed E-state index contributed by atoms with van der Waals surface area (Å²) >= 11 is 0. The van der Waals surface area contributed by atoms with Crippen LogP contribution in [0.3, 0.4) is 0 Å². The number of carboxylic acids is 4. The van der Waals surface area contributed by atoms with Gasteiger partial charge in [-0.1, -0.05) is 24.3 Å². The minimum absolute atomic E-state index is 0.114. The second-order valence-corrected chi connectivity index (χ2v) is 9.40. The van der Waals surface area contributed by atoms with Crippen molar-refractivity contribution in [2.45, 2.75) is 0 Å². The topological polar surface area (TPSA) is 204 Å². The molecule has 0 unspecified atom stereocenters. The Hall–Kier alpha value is -6.05. The molecule has 14 heteroatoms. The molecule has 14 nitrogen and oxygen atoms in total. The number of carboxylic acid groups (broad SMARTS) is 4. The number of aromatic nitrogens is 3. The van der Waals surface area contributed by atoms with Gasteiger partial charge in [0.1, 0.15) is 43.6 Å². The summed E-state index contributed by atoms with van der Waals surface area (Å²) in [6.07, 6.45) is 0. The normalized spacial score (nSPS) is 10.6. The Morgan fingerprint density at radius 3 is 1.34 bits per heavy atom. The summed E-state index contributed by atoms with van der Waals surface area (Å²) in [6, 6.07) is 20.2. The highest BCUT2D eigenvalue weighted by Crippen LogP contribution is 2.31. The van der Waals surface area contributed by atoms with Gasteiger partial charge in [0.25, 0.3) is 0 Å². The van der Waals surface area contributed by atoms with Crippen LogP contribution in [-0.2, 0) is 19.2 Å². The number of rotatable bonds is 14. The lowest BCUT2D eigenvalue weighted by atomic mass is 10.0. The average Bonchev–Trinajstić information content (AvgIpc) is 2.99. The van der Waals surface area contributed by atoms with Gasteiger partial charge >= 0.3 is 23.9 Å². The molecule has 0 saturated heterocycles. The summed E-state index contributed by atoms with van der Waals surface area (Å²) in [5.74, 6) is -4.05. The van der Waals surface area contributed by atoms with Crippen molar-refractivity contribution in [1.29, 1.82) is 0 Å². The Kier molecular flexibility index (Phi) is 9.65. The summed E-state index contributed by atoms with van der Waals surface area (Å²) in [7, 11) is 1.55. The van der Waals surface area contributed by atoms with Crippen LogP contribution in [0.1, 0.15) is 0 Å². The molecule has 44 heavy (non-hydrogen) atoms. The van der Waals surface area contributed by atoms with E-state index in [2.05, 4.69) is 9.97 Å². The first-order chi connectivity index (χ1) is 21.0. The fourth-order valence-corrected chi connectivity index (χ4v) is 4.32. The van der Waals surface area contributed by atoms with Crippen LogP contribution in [-0.4, -0.2) is 92.5 Å². The van der Waals surface area contributed by atoms with Gasteiger partial charge in [-0.05, 0) is 59.7 Å². The first-order valence-corrected chi connectivity index (χ1v) is 13.0. The van der Waals surface area contributed by atoms with E-state index in [1.54, 1.807) is 55.6 Å². The van der Waals surface area contributed by atoms with Crippen molar-refractivity contribution in [1.82, 2.24) is 15.0 Å². The largest absolute Gasteiger partial charge is 0.497 e. The van der Waals surface area contributed by atoms with E-state index in [1.165, 1.54) is 12.1 Å². The van der Waals surface area contributed by atoms with Gasteiger partial charge in [-0.2, -0.15) is 0 Å². The van der Waals surface area contributed by atoms with Crippen molar-refractivity contribution in [2.24, 2.45) is 0 Å². The van der Waals surface area contributed by atoms with Gasteiger partial charge < -0.3 is 35.0 Å². The Morgan fingerprint density at radius 2 is 0.977 bits per heavy atom. The molecule has 4 aromatic rings. The standard InChI is InChI=1S/C30H27N5O9/c1-44-20-10-8-18(9-11-20)19-12-23(21-4-2-6-25(32-21)34(14-27(36)37)15-28(38)39)31-24(13-19)22-5-3-7-26(33-22)35(16-29(40)41)17-30(42)43/h2-13H,14-17H2,1H3,(H,36,37)(H,38,39)(H,40,41)(H,42,43). The van der Waals surface area contributed by atoms with Gasteiger partial charge in [0.15, 0.2) is 0 Å². The SMILES string of the molecule is COc1ccc(-c2cc(-c3cccc(N(CC(=O)O)CC(=O)O)n3)nc(-c3cccc(N(CC(=O)O)CC(=O)O)n3)c2)cc1. The molecule has 0 aliphatic heterocycles. The van der Waals surface area contributed by atoms with Gasteiger partial charge in [-0.3, -0.25) is 19.2 Å². The van der Waals surface area contributed by atoms with E-state index in [0.717, 1.165) is 15.4 Å². The molecule has 0 bridgehead atoms. The van der Waals surface area contributed by atoms with E-state index >= 15 is 0 Å². The van der Waals surface area contributed by atoms with Crippen molar-refractivity contribution in [3.05, 3.63) is 72.8 Å². The molecule has 0 amide bonds. The monoisotopic (exact) mass is 601 g/mol. The lowest BCUT2D eigenvalue weighted by Gasteiger charge is -2.20. The number of methoxy groups -OCH3 is 1. The minimum atomic E-state index is -1.23. The van der Waals surface area contributed by atoms with Crippen molar-refractivity contribution in [3.63, 3.8) is 0 Å². The van der Waals surface area contributed by atoms with Crippen molar-refractivity contribution in [3.8, 4) is 39.7 Å². The van der Waals surface area contributed by atoms with E-state index in [-0.39, 0.29) is 11.6 Å². The molecule has 226 valence electrons. The lowest BCUT2D eigenvalue weighted by molar-refractivity contribution is -0.138. The summed E-state index contributed by atoms with van der Waals surface area (Å²) < 4.78 is 5.26. The number of hydrogen-bond acceptors (Lipinski definition) is 10. The molecule has 4 N–H and O–H groups in total. The minimum Gasteiger partial charge on any atom is -0.497 e. The second kappa shape index (κ2) is 13.7. The number of anilines is 2. The number of ether oxygens (including phenoxy) is 1. The quantitative estimate of drug-likeness (QED) is 0.164. The van der Waals surface area contributed by atoms with E-state index < -0.39 is 50.1 Å². The van der Waals surface area contributed by atoms with Crippen molar-refractivity contribution >= 4 is 35.5 Å². The first kappa shape index (κ1) is 30.9. The van der Waals surface area contributed by atoms with Crippen LogP contribution in [0.25, 0.3) is 33.9 Å². The zero-order chi connectivity index (χ0) is 31.8. The molecular weight excluding hydrogens is 574 g/mol. The Morgan fingerprint density at radius 1 is 0.568 bits per heavy atom. The van der Waals surface area contributed by atoms with Crippen LogP contribution in [0.2, 0.25) is 0 Å². The number of pyridine rings is 3. The van der Waals surface area contributed by atoms with E-state index in [0.29, 0.717) is 34.1 Å². The van der Waals surface area contributed by atoms with Gasteiger partial charge in [-0.15, -0.1) is 0 Å². The van der Waals surface area contributed by atoms with E-state index in [9.17, 15) is 39.6 Å². The molecular formula is C30H27N5O9. The van der Waals surface area contributed by atoms with Crippen LogP contribution in [0.5, 0.6) is 5.75 Å². The van der Waals surface area contributed by atoms with Crippen molar-refractivity contribution < 1.29 is 44.3 Å². The third kappa shape index (κ3) is 8.03. The summed E-state index contributed by atoms with van der Waals surface area (Å²) in [6.45, 7) is -2.36. The molecule has 0 atom stereocenters. The molecule has 0 fully saturated rings. The molecule has 4 rings (SSSR count). The molecule has 0 aliphatic rings. The predicted molar refractivity (Wildman–Crippen MR) is 158 cm³/mol. The highest BCUT2D eigenvalue weighted by Gasteiger charge is 2.19. The van der Waals surface area contributed by atoms with Gasteiger partial charge in [-0.25, -0.2) is 15.0 Å². The molecule has 0 saturated carbocycles. The highest BCUT2D eigenvalue weighted by molar-refractivity contribution is 5.81. The summed E-state index contributed by atoms with van der Waals surface area (Å²) in [5, 5.41) is 37.2. The number of nitrogens with zero attached hydrogens (tertiary/aromatic N) is 5. The van der Waals surface area contributed by atoms with Crippen molar-refractivity contribution in [2.75, 3.05) is 43.1 Å². The molecule has 0 aliphatic carbocycles. The lowest BCUT2D eigenvalue weighted by Crippen LogP contribution is -2.35. The van der Waals surface area contributed by atoms with Crippen LogP contribution >= 0.6 is 0 Å². The Balaban J connectivity index is 1.85. The number of aliphatic carboxylic acids is 4. The maximum atomic E-state index is 11.4. The Bertz CT molecular complexity index is 1570. The highest BCUT2D eigenvalue weighted by atomic mass is 16.5. The summed E-state index contributed by atoms with van der Waals surface area (Å²) in [4.78, 5) is 61.6. The van der Waals surface area contributed by atoms with Crippen LogP contribution < -0.4 is 14.5 Å². The number of hydrogen-bond donors (Lipinski definition) is 4. The average molecular weight is 602 g/mol. The Labute approximate surface area is 250 Å². The zero-order valence-electron chi connectivity index (χ0n) is 23.3. The fourth-order valence-electron chi connectivity index (χ4n) is 4.32. The number of benzene rings is 1. The van der Waals surface area contributed by atoms with Gasteiger partial charge in [0.05, 0.1) is 29.9 Å².